The zero-order valence-electron chi connectivity index (χ0n) is 57.4. The van der Waals surface area contributed by atoms with Crippen LogP contribution in [0, 0.1) is 23.7 Å². The number of hydrogen-bond donors (Lipinski definition) is 5. The van der Waals surface area contributed by atoms with Crippen LogP contribution in [0.4, 0.5) is 4.79 Å². The largest absolute Gasteiger partial charge is 0.391 e. The Morgan fingerprint density at radius 1 is 0.446 bits per heavy atom. The quantitative estimate of drug-likeness (QED) is 0.181. The summed E-state index contributed by atoms with van der Waals surface area (Å²) in [6.45, 7) is 18.8. The molecule has 0 aliphatic carbocycles. The molecule has 5 N–H and O–H groups in total. The number of nitrogens with zero attached hydrogens (tertiary/aromatic N) is 8. The third-order valence-electron chi connectivity index (χ3n) is 17.5. The molecule has 510 valence electrons. The molecule has 2 aromatic rings. The maximum absolute atomic E-state index is 15.2. The van der Waals surface area contributed by atoms with Crippen LogP contribution in [0.25, 0.3) is 0 Å². The summed E-state index contributed by atoms with van der Waals surface area (Å²) < 4.78 is 0. The molecule has 0 saturated carbocycles. The number of carbonyl (C=O) groups is 12. The first-order chi connectivity index (χ1) is 43.0. The Hall–Kier alpha value is -7.96. The van der Waals surface area contributed by atoms with E-state index in [-0.39, 0.29) is 62.9 Å². The van der Waals surface area contributed by atoms with Gasteiger partial charge >= 0.3 is 6.03 Å². The van der Waals surface area contributed by atoms with Gasteiger partial charge in [-0.2, -0.15) is 0 Å². The molecule has 2 heterocycles. The number of carbonyl (C=O) groups excluding carboxylic acids is 12. The van der Waals surface area contributed by atoms with Crippen LogP contribution in [0.15, 0.2) is 60.7 Å². The van der Waals surface area contributed by atoms with Gasteiger partial charge in [0, 0.05) is 75.3 Å². The van der Waals surface area contributed by atoms with Gasteiger partial charge in [0.1, 0.15) is 54.4 Å². The highest BCUT2D eigenvalue weighted by Gasteiger charge is 2.45. The summed E-state index contributed by atoms with van der Waals surface area (Å²) in [5.41, 5.74) is 1.25. The number of likely N-dealkylation sites (N-methyl/N-ethyl adjacent to an activating group) is 7. The molecule has 0 radical (unpaired) electrons. The Morgan fingerprint density at radius 3 is 1.36 bits per heavy atom. The Kier molecular flexibility index (Phi) is 28.8. The van der Waals surface area contributed by atoms with Gasteiger partial charge in [0.2, 0.25) is 47.3 Å². The minimum atomic E-state index is -2.01. The summed E-state index contributed by atoms with van der Waals surface area (Å²) >= 11 is 0. The fraction of sp³-hybridized carbons (Fsp3) is 0.642. The van der Waals surface area contributed by atoms with Crippen molar-refractivity contribution in [1.29, 1.82) is 0 Å². The lowest BCUT2D eigenvalue weighted by Crippen LogP contribution is -2.65. The van der Waals surface area contributed by atoms with Crippen LogP contribution < -0.4 is 21.3 Å². The fourth-order valence-corrected chi connectivity index (χ4v) is 11.6. The number of imide groups is 1. The van der Waals surface area contributed by atoms with Crippen molar-refractivity contribution in [3.8, 4) is 0 Å². The average molecular weight is 1290 g/mol. The summed E-state index contributed by atoms with van der Waals surface area (Å²) in [6, 6.07) is 2.18. The highest BCUT2D eigenvalue weighted by atomic mass is 16.3. The summed E-state index contributed by atoms with van der Waals surface area (Å²) in [6.07, 6.45) is 0.334. The monoisotopic (exact) mass is 1280 g/mol. The molecule has 2 fully saturated rings. The van der Waals surface area contributed by atoms with E-state index in [9.17, 15) is 53.1 Å². The van der Waals surface area contributed by atoms with Gasteiger partial charge < -0.3 is 60.7 Å². The number of piperidine rings is 1. The third-order valence-corrected chi connectivity index (χ3v) is 17.5. The van der Waals surface area contributed by atoms with Crippen molar-refractivity contribution in [2.24, 2.45) is 23.7 Å². The molecule has 2 saturated heterocycles. The first kappa shape index (κ1) is 76.5. The molecule has 2 aliphatic rings. The number of nitrogens with one attached hydrogen (secondary N) is 4. The lowest BCUT2D eigenvalue weighted by molar-refractivity contribution is -0.153. The number of rotatable bonds is 13. The number of urea groups is 1. The van der Waals surface area contributed by atoms with Gasteiger partial charge in [-0.25, -0.2) is 4.79 Å². The van der Waals surface area contributed by atoms with Crippen molar-refractivity contribution in [3.63, 3.8) is 0 Å². The number of aliphatic hydroxyl groups excluding tert-OH is 1. The lowest BCUT2D eigenvalue weighted by atomic mass is 9.97. The normalized spacial score (nSPS) is 25.9. The van der Waals surface area contributed by atoms with Crippen LogP contribution in [-0.2, 0) is 65.6 Å². The lowest BCUT2D eigenvalue weighted by Gasteiger charge is -2.39. The van der Waals surface area contributed by atoms with Gasteiger partial charge in [-0.3, -0.25) is 57.6 Å². The first-order valence-corrected chi connectivity index (χ1v) is 32.2. The number of likely N-dealkylation sites (tertiary alicyclic amines) is 1. The van der Waals surface area contributed by atoms with Crippen LogP contribution >= 0.6 is 0 Å². The van der Waals surface area contributed by atoms with E-state index in [2.05, 4.69) is 21.3 Å². The second kappa shape index (κ2) is 34.6. The van der Waals surface area contributed by atoms with E-state index in [0.717, 1.165) is 30.9 Å². The summed E-state index contributed by atoms with van der Waals surface area (Å²) in [5.74, 6) is -10.5. The Balaban J connectivity index is 1.96. The van der Waals surface area contributed by atoms with Crippen LogP contribution in [0.2, 0.25) is 0 Å². The number of benzene rings is 2. The van der Waals surface area contributed by atoms with Crippen LogP contribution in [0.3, 0.4) is 0 Å². The van der Waals surface area contributed by atoms with Crippen molar-refractivity contribution in [2.75, 3.05) is 62.4 Å². The minimum absolute atomic E-state index is 0.00397. The summed E-state index contributed by atoms with van der Waals surface area (Å²) in [4.78, 5) is 187. The van der Waals surface area contributed by atoms with Gasteiger partial charge in [0.15, 0.2) is 6.04 Å². The molecule has 25 nitrogen and oxygen atoms in total. The van der Waals surface area contributed by atoms with Crippen LogP contribution in [0.1, 0.15) is 126 Å². The number of hydrogen-bond acceptors (Lipinski definition) is 13. The van der Waals surface area contributed by atoms with Crippen molar-refractivity contribution < 1.29 is 62.6 Å². The van der Waals surface area contributed by atoms with E-state index >= 15 is 9.59 Å². The molecule has 25 heteroatoms. The second-order valence-electron chi connectivity index (χ2n) is 26.6. The second-order valence-corrected chi connectivity index (χ2v) is 26.6. The van der Waals surface area contributed by atoms with Crippen LogP contribution in [-0.4, -0.2) is 244 Å². The maximum atomic E-state index is 15.2. The third kappa shape index (κ3) is 20.0. The summed E-state index contributed by atoms with van der Waals surface area (Å²) in [7, 11) is 9.50. The first-order valence-electron chi connectivity index (χ1n) is 32.2. The molecule has 92 heavy (non-hydrogen) atoms. The van der Waals surface area contributed by atoms with Gasteiger partial charge in [-0.15, -0.1) is 0 Å². The van der Waals surface area contributed by atoms with Crippen molar-refractivity contribution in [2.45, 2.75) is 194 Å². The molecule has 0 unspecified atom stereocenters. The fourth-order valence-electron chi connectivity index (χ4n) is 11.6. The van der Waals surface area contributed by atoms with Gasteiger partial charge in [0.25, 0.3) is 17.7 Å². The van der Waals surface area contributed by atoms with E-state index in [1.165, 1.54) is 84.8 Å². The minimum Gasteiger partial charge on any atom is -0.391 e. The molecular weight excluding hydrogens is 1180 g/mol. The van der Waals surface area contributed by atoms with E-state index < -0.39 is 143 Å². The highest BCUT2D eigenvalue weighted by molar-refractivity contribution is 6.09. The Labute approximate surface area is 544 Å². The molecule has 13 amide bonds. The molecule has 0 bridgehead atoms. The molecular formula is C67H104N12O13. The molecule has 2 aliphatic heterocycles. The van der Waals surface area contributed by atoms with Crippen LogP contribution in [0.5, 0.6) is 0 Å². The number of aliphatic hydroxyl groups is 1. The van der Waals surface area contributed by atoms with Gasteiger partial charge in [0.05, 0.1) is 6.10 Å². The van der Waals surface area contributed by atoms with E-state index in [1.54, 1.807) is 88.4 Å². The molecule has 0 aromatic heterocycles. The summed E-state index contributed by atoms with van der Waals surface area (Å²) in [5, 5.41) is 21.7. The standard InChI is InChI=1S/C67H104N12O13/c1-39(2)34-48-57(82)70-54(45(11)80)58(83)71-55(66(91)79-32-26-21-27-33-79)59(84)69-53(42(7)8)65(90)72(12)44(10)61(86)75(15)50(35-40(3)4)62(87)76(16)51(36-41(5)6)64(89)78(18)67(92)77(17)49(37-46-28-22-19-23-29-46)56(81)68-43(9)60(85)74(14)52(63(88)73(48)13)38-47-30-24-20-25-31-47/h19-20,22-25,28-31,39-45,48-55,80H,21,26-27,32-38H2,1-18H3,(H,68,81)(H,69,84)(H,70,82)(H,71,83)/t43-,44-,45+,48-,49-,50-,51-,52-,53+,54-,55-/m0/s1. The van der Waals surface area contributed by atoms with Gasteiger partial charge in [-0.1, -0.05) is 116 Å². The van der Waals surface area contributed by atoms with E-state index in [4.69, 9.17) is 0 Å². The molecule has 2 aromatic carbocycles. The predicted octanol–water partition coefficient (Wildman–Crippen LogP) is 2.67. The van der Waals surface area contributed by atoms with Crippen molar-refractivity contribution in [1.82, 2.24) is 60.5 Å². The maximum Gasteiger partial charge on any atom is 0.326 e. The zero-order valence-corrected chi connectivity index (χ0v) is 57.4. The predicted molar refractivity (Wildman–Crippen MR) is 347 cm³/mol. The topological polar surface area (TPSA) is 299 Å². The van der Waals surface area contributed by atoms with Crippen molar-refractivity contribution >= 4 is 71.0 Å². The Bertz CT molecular complexity index is 2900. The van der Waals surface area contributed by atoms with Gasteiger partial charge in [-0.05, 0) is 94.1 Å². The average Bonchev–Trinajstić information content (AvgIpc) is 0.837. The van der Waals surface area contributed by atoms with E-state index in [1.807, 2.05) is 27.7 Å². The van der Waals surface area contributed by atoms with E-state index in [0.29, 0.717) is 24.0 Å². The molecule has 11 atom stereocenters. The zero-order chi connectivity index (χ0) is 69.3. The molecule has 0 spiro atoms. The Morgan fingerprint density at radius 2 is 0.870 bits per heavy atom. The smallest absolute Gasteiger partial charge is 0.326 e. The van der Waals surface area contributed by atoms with Crippen molar-refractivity contribution in [3.05, 3.63) is 71.8 Å². The molecule has 4 rings (SSSR count). The SMILES string of the molecule is CC(C)C[C@H]1C(=O)N(C)[C@@H](CC(C)C)C(=O)N(C)C(=O)N(C)[C@@H](Cc2ccccc2)C(=O)N[C@@H](C)C(=O)N(C)[C@@H](Cc2ccccc2)C(=O)N(C)[C@@H](CC(C)C)C(=O)N[C@@H]([C@@H](C)O)C(=O)N[C@H](C(=O)N2CCCCC2)C(=O)N[C@H](C(C)C)C(=O)N(C)[C@@H](C)C(=O)N1C. The highest BCUT2D eigenvalue weighted by Crippen LogP contribution is 2.24. The number of amides is 13.